The Morgan fingerprint density at radius 3 is 2.38 bits per heavy atom. The maximum absolute atomic E-state index is 2.81. The lowest BCUT2D eigenvalue weighted by atomic mass is 9.34. The van der Waals surface area contributed by atoms with Crippen LogP contribution < -0.4 is 26.2 Å². The first-order chi connectivity index (χ1) is 23.5. The number of nitrogens with zero attached hydrogens (tertiary/aromatic N) is 2. The Labute approximate surface area is 290 Å². The van der Waals surface area contributed by atoms with E-state index in [0.29, 0.717) is 0 Å². The Morgan fingerprint density at radius 1 is 0.688 bits per heavy atom. The number of allylic oxidation sites excluding steroid dienone is 2. The van der Waals surface area contributed by atoms with E-state index in [0.717, 1.165) is 12.8 Å². The van der Waals surface area contributed by atoms with Gasteiger partial charge in [0.1, 0.15) is 0 Å². The molecule has 3 aliphatic heterocycles. The third-order valence-corrected chi connectivity index (χ3v) is 13.8. The van der Waals surface area contributed by atoms with Gasteiger partial charge >= 0.3 is 0 Å². The molecule has 5 aliphatic rings. The molecule has 236 valence electrons. The highest BCUT2D eigenvalue weighted by Crippen LogP contribution is 2.61. The van der Waals surface area contributed by atoms with Crippen LogP contribution in [0.5, 0.6) is 0 Å². The van der Waals surface area contributed by atoms with Crippen molar-refractivity contribution in [3.05, 3.63) is 127 Å². The fourth-order valence-electron chi connectivity index (χ4n) is 10.1. The van der Waals surface area contributed by atoms with Gasteiger partial charge in [0.05, 0.1) is 5.54 Å². The summed E-state index contributed by atoms with van der Waals surface area (Å²) in [5, 5.41) is 0. The molecule has 5 aromatic rings. The molecule has 0 bridgehead atoms. The molecule has 0 radical (unpaired) electrons. The predicted octanol–water partition coefficient (Wildman–Crippen LogP) is 9.99. The Balaban J connectivity index is 1.12. The zero-order valence-corrected chi connectivity index (χ0v) is 28.8. The molecule has 0 N–H and O–H groups in total. The standard InChI is InChI=1S/C44H41BN2S/c1-43-26-9-10-27-44(43,2)47-38-22-13-23-40-41(38)45(36-21-12-20-35(43)42(36)47)37-29-31(24-25-39(37)48-40)30-14-11-19-34(28-30)46(32-15-5-3-6-16-32)33-17-7-4-8-18-33/h3,5-6,11-17,19-25,28-29H,4,7-10,18,26-27H2,1-2H3. The van der Waals surface area contributed by atoms with Crippen molar-refractivity contribution in [2.24, 2.45) is 0 Å². The second-order valence-corrected chi connectivity index (χ2v) is 16.1. The summed E-state index contributed by atoms with van der Waals surface area (Å²) < 4.78 is 0. The topological polar surface area (TPSA) is 6.48 Å². The lowest BCUT2D eigenvalue weighted by Gasteiger charge is -2.52. The molecular formula is C44H41BN2S. The number of rotatable bonds is 4. The summed E-state index contributed by atoms with van der Waals surface area (Å²) in [6, 6.07) is 41.8. The van der Waals surface area contributed by atoms with Gasteiger partial charge in [-0.2, -0.15) is 0 Å². The molecule has 48 heavy (non-hydrogen) atoms. The number of fused-ring (bicyclic) bond motifs is 7. The largest absolute Gasteiger partial charge is 0.335 e. The highest BCUT2D eigenvalue weighted by atomic mass is 32.2. The van der Waals surface area contributed by atoms with Crippen molar-refractivity contribution in [3.63, 3.8) is 0 Å². The maximum Gasteiger partial charge on any atom is 0.249 e. The third-order valence-electron chi connectivity index (χ3n) is 12.6. The van der Waals surface area contributed by atoms with Crippen LogP contribution in [0.25, 0.3) is 11.1 Å². The van der Waals surface area contributed by atoms with Crippen LogP contribution in [-0.2, 0) is 5.41 Å². The second kappa shape index (κ2) is 10.7. The highest BCUT2D eigenvalue weighted by Gasteiger charge is 2.60. The Hall–Kier alpha value is -4.15. The molecule has 3 heterocycles. The van der Waals surface area contributed by atoms with Gasteiger partial charge in [0, 0.05) is 43.7 Å². The Bertz CT molecular complexity index is 2140. The van der Waals surface area contributed by atoms with E-state index in [-0.39, 0.29) is 17.7 Å². The summed E-state index contributed by atoms with van der Waals surface area (Å²) in [6.07, 6.45) is 12.4. The summed E-state index contributed by atoms with van der Waals surface area (Å²) in [5.41, 5.74) is 15.7. The van der Waals surface area contributed by atoms with E-state index in [1.54, 1.807) is 5.56 Å². The fraction of sp³-hybridized carbons (Fsp3) is 0.273. The van der Waals surface area contributed by atoms with Crippen LogP contribution in [-0.4, -0.2) is 12.3 Å². The molecular weight excluding hydrogens is 599 g/mol. The molecule has 1 fully saturated rings. The van der Waals surface area contributed by atoms with Crippen LogP contribution >= 0.6 is 11.8 Å². The molecule has 5 aromatic carbocycles. The van der Waals surface area contributed by atoms with Gasteiger partial charge in [-0.3, -0.25) is 0 Å². The molecule has 0 amide bonds. The average Bonchev–Trinajstić information content (AvgIpc) is 3.35. The molecule has 0 saturated heterocycles. The molecule has 2 atom stereocenters. The maximum atomic E-state index is 2.81. The van der Waals surface area contributed by atoms with Gasteiger partial charge in [-0.25, -0.2) is 0 Å². The number of anilines is 4. The normalized spacial score (nSPS) is 23.1. The molecule has 2 nitrogen and oxygen atoms in total. The molecule has 2 unspecified atom stereocenters. The van der Waals surface area contributed by atoms with Crippen molar-refractivity contribution in [2.75, 3.05) is 9.80 Å². The van der Waals surface area contributed by atoms with Gasteiger partial charge in [-0.1, -0.05) is 110 Å². The molecule has 10 rings (SSSR count). The molecule has 1 saturated carbocycles. The summed E-state index contributed by atoms with van der Waals surface area (Å²) in [6.45, 7) is 5.36. The minimum Gasteiger partial charge on any atom is -0.335 e. The lowest BCUT2D eigenvalue weighted by Crippen LogP contribution is -2.63. The van der Waals surface area contributed by atoms with Crippen LogP contribution in [0.3, 0.4) is 0 Å². The summed E-state index contributed by atoms with van der Waals surface area (Å²) in [5.74, 6) is 0. The van der Waals surface area contributed by atoms with Crippen LogP contribution in [0.15, 0.2) is 131 Å². The predicted molar refractivity (Wildman–Crippen MR) is 205 cm³/mol. The smallest absolute Gasteiger partial charge is 0.249 e. The van der Waals surface area contributed by atoms with E-state index in [9.17, 15) is 0 Å². The van der Waals surface area contributed by atoms with E-state index >= 15 is 0 Å². The third kappa shape index (κ3) is 3.96. The van der Waals surface area contributed by atoms with E-state index in [4.69, 9.17) is 0 Å². The van der Waals surface area contributed by atoms with E-state index in [2.05, 4.69) is 139 Å². The highest BCUT2D eigenvalue weighted by molar-refractivity contribution is 8.00. The minimum atomic E-state index is 0.0927. The van der Waals surface area contributed by atoms with Crippen molar-refractivity contribution in [1.82, 2.24) is 0 Å². The van der Waals surface area contributed by atoms with Gasteiger partial charge in [-0.05, 0) is 116 Å². The van der Waals surface area contributed by atoms with Crippen LogP contribution in [0.4, 0.5) is 22.7 Å². The van der Waals surface area contributed by atoms with Crippen molar-refractivity contribution in [3.8, 4) is 11.1 Å². The second-order valence-electron chi connectivity index (χ2n) is 15.0. The van der Waals surface area contributed by atoms with E-state index in [1.165, 1.54) is 104 Å². The van der Waals surface area contributed by atoms with Gasteiger partial charge in [-0.15, -0.1) is 0 Å². The van der Waals surface area contributed by atoms with Crippen molar-refractivity contribution < 1.29 is 0 Å². The Kier molecular flexibility index (Phi) is 6.41. The first-order valence-electron chi connectivity index (χ1n) is 18.1. The van der Waals surface area contributed by atoms with Gasteiger partial charge in [0.2, 0.25) is 6.71 Å². The van der Waals surface area contributed by atoms with E-state index in [1.807, 2.05) is 11.8 Å². The molecule has 0 aromatic heterocycles. The van der Waals surface area contributed by atoms with Crippen molar-refractivity contribution in [2.45, 2.75) is 86.0 Å². The summed E-state index contributed by atoms with van der Waals surface area (Å²) >= 11 is 1.97. The SMILES string of the molecule is CC12CCCCC1(C)N1c3cccc4c3B(c3cc(-c5cccc(N(C6=CCCCC6)c6ccccc6)c5)ccc3S4)c3cccc2c31. The molecule has 4 heteroatoms. The lowest BCUT2D eigenvalue weighted by molar-refractivity contribution is 0.195. The zero-order valence-electron chi connectivity index (χ0n) is 28.0. The van der Waals surface area contributed by atoms with Crippen LogP contribution in [0.1, 0.15) is 70.8 Å². The van der Waals surface area contributed by atoms with Crippen LogP contribution in [0, 0.1) is 0 Å². The van der Waals surface area contributed by atoms with Crippen molar-refractivity contribution >= 4 is 57.6 Å². The Morgan fingerprint density at radius 2 is 1.50 bits per heavy atom. The zero-order chi connectivity index (χ0) is 32.0. The molecule has 0 spiro atoms. The number of benzene rings is 5. The average molecular weight is 641 g/mol. The summed E-state index contributed by atoms with van der Waals surface area (Å²) in [4.78, 5) is 8.11. The minimum absolute atomic E-state index is 0.0927. The van der Waals surface area contributed by atoms with Crippen LogP contribution in [0.2, 0.25) is 0 Å². The fourth-order valence-corrected chi connectivity index (χ4v) is 11.2. The van der Waals surface area contributed by atoms with Gasteiger partial charge in [0.15, 0.2) is 0 Å². The van der Waals surface area contributed by atoms with Gasteiger partial charge < -0.3 is 9.80 Å². The number of hydrogen-bond donors (Lipinski definition) is 0. The van der Waals surface area contributed by atoms with E-state index < -0.39 is 0 Å². The number of para-hydroxylation sites is 2. The monoisotopic (exact) mass is 640 g/mol. The summed E-state index contributed by atoms with van der Waals surface area (Å²) in [7, 11) is 0. The van der Waals surface area contributed by atoms with Gasteiger partial charge in [0.25, 0.3) is 0 Å². The first kappa shape index (κ1) is 28.8. The first-order valence-corrected chi connectivity index (χ1v) is 18.9. The quantitative estimate of drug-likeness (QED) is 0.177. The number of hydrogen-bond acceptors (Lipinski definition) is 3. The molecule has 2 aliphatic carbocycles. The van der Waals surface area contributed by atoms with Crippen molar-refractivity contribution in [1.29, 1.82) is 0 Å².